The zero-order valence-electron chi connectivity index (χ0n) is 17.4. The van der Waals surface area contributed by atoms with Crippen LogP contribution in [0.5, 0.6) is 11.5 Å². The number of halogens is 2. The van der Waals surface area contributed by atoms with Crippen LogP contribution in [0.15, 0.2) is 36.4 Å². The molecule has 1 fully saturated rings. The molecule has 168 valence electrons. The van der Waals surface area contributed by atoms with E-state index in [1.54, 1.807) is 29.2 Å². The zero-order valence-corrected chi connectivity index (χ0v) is 19.0. The maximum atomic E-state index is 12.5. The number of para-hydroxylation sites is 1. The number of amides is 1. The van der Waals surface area contributed by atoms with Crippen LogP contribution in [-0.4, -0.2) is 41.8 Å². The van der Waals surface area contributed by atoms with Gasteiger partial charge in [-0.05, 0) is 48.9 Å². The molecule has 2 heterocycles. The lowest BCUT2D eigenvalue weighted by Crippen LogP contribution is -2.45. The van der Waals surface area contributed by atoms with E-state index in [9.17, 15) is 9.90 Å². The fraction of sp³-hybridized carbons (Fsp3) is 0.435. The molecule has 31 heavy (non-hydrogen) atoms. The number of nitrogens with zero attached hydrogens (tertiary/aromatic N) is 1. The second kappa shape index (κ2) is 10.1. The second-order valence-corrected chi connectivity index (χ2v) is 8.43. The van der Waals surface area contributed by atoms with Gasteiger partial charge in [0.1, 0.15) is 5.75 Å². The van der Waals surface area contributed by atoms with Gasteiger partial charge in [-0.15, -0.1) is 12.4 Å². The van der Waals surface area contributed by atoms with E-state index in [1.807, 2.05) is 19.1 Å². The van der Waals surface area contributed by atoms with Crippen LogP contribution >= 0.6 is 24.0 Å². The average molecular weight is 467 g/mol. The Morgan fingerprint density at radius 2 is 1.97 bits per heavy atom. The maximum Gasteiger partial charge on any atom is 0.415 e. The number of benzene rings is 2. The number of hydrogen-bond acceptors (Lipinski definition) is 5. The Kier molecular flexibility index (Phi) is 7.70. The number of carbonyl (C=O) groups is 1. The van der Waals surface area contributed by atoms with E-state index in [-0.39, 0.29) is 36.6 Å². The van der Waals surface area contributed by atoms with E-state index in [4.69, 9.17) is 26.8 Å². The van der Waals surface area contributed by atoms with Crippen LogP contribution in [0.25, 0.3) is 0 Å². The first-order chi connectivity index (χ1) is 14.5. The van der Waals surface area contributed by atoms with Crippen LogP contribution < -0.4 is 10.5 Å². The summed E-state index contributed by atoms with van der Waals surface area (Å²) in [6.07, 6.45) is 1.65. The summed E-state index contributed by atoms with van der Waals surface area (Å²) in [5.74, 6) is 1.01. The number of aryl methyl sites for hydroxylation is 1. The van der Waals surface area contributed by atoms with Gasteiger partial charge in [0.05, 0.1) is 17.2 Å². The minimum atomic E-state index is -0.385. The summed E-state index contributed by atoms with van der Waals surface area (Å²) in [7, 11) is 0. The highest BCUT2D eigenvalue weighted by atomic mass is 35.5. The lowest BCUT2D eigenvalue weighted by molar-refractivity contribution is -0.0633. The first-order valence-electron chi connectivity index (χ1n) is 10.4. The van der Waals surface area contributed by atoms with Gasteiger partial charge in [-0.1, -0.05) is 35.9 Å². The van der Waals surface area contributed by atoms with Crippen LogP contribution in [0.2, 0.25) is 5.02 Å². The lowest BCUT2D eigenvalue weighted by atomic mass is 9.83. The smallest absolute Gasteiger partial charge is 0.415 e. The molecule has 2 atom stereocenters. The van der Waals surface area contributed by atoms with Gasteiger partial charge in [0.2, 0.25) is 0 Å². The Labute approximate surface area is 193 Å². The van der Waals surface area contributed by atoms with Crippen LogP contribution in [0.4, 0.5) is 4.79 Å². The molecule has 0 unspecified atom stereocenters. The van der Waals surface area contributed by atoms with Gasteiger partial charge < -0.3 is 25.2 Å². The average Bonchev–Trinajstić information content (AvgIpc) is 2.77. The summed E-state index contributed by atoms with van der Waals surface area (Å²) in [4.78, 5) is 14.2. The first kappa shape index (κ1) is 23.7. The lowest BCUT2D eigenvalue weighted by Gasteiger charge is -2.40. The topological polar surface area (TPSA) is 85.0 Å². The summed E-state index contributed by atoms with van der Waals surface area (Å²) in [5.41, 5.74) is 8.75. The Balaban J connectivity index is 0.00000272. The Morgan fingerprint density at radius 1 is 1.26 bits per heavy atom. The summed E-state index contributed by atoms with van der Waals surface area (Å²) in [5, 5.41) is 11.0. The van der Waals surface area contributed by atoms with Crippen molar-refractivity contribution in [3.63, 3.8) is 0 Å². The number of aromatic hydroxyl groups is 1. The van der Waals surface area contributed by atoms with Gasteiger partial charge in [0.25, 0.3) is 0 Å². The Hall–Kier alpha value is -1.99. The number of hydrogen-bond donors (Lipinski definition) is 2. The molecule has 2 aromatic rings. The maximum absolute atomic E-state index is 12.5. The number of likely N-dealkylation sites (tertiary alicyclic amines) is 1. The van der Waals surface area contributed by atoms with E-state index in [0.29, 0.717) is 42.6 Å². The monoisotopic (exact) mass is 466 g/mol. The number of ether oxygens (including phenoxy) is 2. The van der Waals surface area contributed by atoms with E-state index in [2.05, 4.69) is 0 Å². The minimum absolute atomic E-state index is 0. The molecule has 2 aliphatic heterocycles. The molecule has 1 amide bonds. The standard InChI is InChI=1S/C23H27ClN2O4.ClH/c1-14-6-7-16-17(22(14)27)12-20(29-21(16)13-25)15-8-10-26(11-9-15)23(28)30-19-5-3-2-4-18(19)24;/h2-7,15,20-21,27H,8-13,25H2,1H3;1H/t20-,21-;/m0./s1. The normalized spacial score (nSPS) is 21.2. The van der Waals surface area contributed by atoms with Gasteiger partial charge in [-0.3, -0.25) is 0 Å². The third-order valence-electron chi connectivity index (χ3n) is 6.18. The summed E-state index contributed by atoms with van der Waals surface area (Å²) in [6.45, 7) is 3.46. The molecule has 0 bridgehead atoms. The molecule has 0 saturated carbocycles. The Morgan fingerprint density at radius 3 is 2.65 bits per heavy atom. The van der Waals surface area contributed by atoms with Gasteiger partial charge in [-0.2, -0.15) is 0 Å². The molecule has 2 aromatic carbocycles. The molecule has 0 spiro atoms. The second-order valence-electron chi connectivity index (χ2n) is 8.02. The van der Waals surface area contributed by atoms with Gasteiger partial charge in [0.15, 0.2) is 5.75 Å². The number of phenolic OH excluding ortho intramolecular Hbond substituents is 1. The molecule has 6 nitrogen and oxygen atoms in total. The predicted molar refractivity (Wildman–Crippen MR) is 122 cm³/mol. The SMILES string of the molecule is Cc1ccc2c(c1O)C[C@@H](C1CCN(C(=O)Oc3ccccc3Cl)CC1)O[C@H]2CN.Cl. The predicted octanol–water partition coefficient (Wildman–Crippen LogP) is 4.63. The molecule has 0 aliphatic carbocycles. The molecule has 0 radical (unpaired) electrons. The van der Waals surface area contributed by atoms with Crippen molar-refractivity contribution in [3.05, 3.63) is 58.1 Å². The molecular weight excluding hydrogens is 439 g/mol. The highest BCUT2D eigenvalue weighted by Crippen LogP contribution is 2.40. The highest BCUT2D eigenvalue weighted by molar-refractivity contribution is 6.32. The van der Waals surface area contributed by atoms with Crippen LogP contribution in [-0.2, 0) is 11.2 Å². The summed E-state index contributed by atoms with van der Waals surface area (Å²) >= 11 is 6.08. The largest absolute Gasteiger partial charge is 0.507 e. The number of rotatable bonds is 3. The molecule has 4 rings (SSSR count). The minimum Gasteiger partial charge on any atom is -0.507 e. The fourth-order valence-electron chi connectivity index (χ4n) is 4.42. The number of nitrogens with two attached hydrogens (primary N) is 1. The molecule has 8 heteroatoms. The molecule has 3 N–H and O–H groups in total. The van der Waals surface area contributed by atoms with Crippen molar-refractivity contribution in [1.29, 1.82) is 0 Å². The molecule has 1 saturated heterocycles. The zero-order chi connectivity index (χ0) is 21.3. The number of phenols is 1. The third-order valence-corrected chi connectivity index (χ3v) is 6.50. The number of carbonyl (C=O) groups excluding carboxylic acids is 1. The van der Waals surface area contributed by atoms with E-state index in [1.165, 1.54) is 0 Å². The van der Waals surface area contributed by atoms with Crippen LogP contribution in [0.1, 0.15) is 35.6 Å². The molecule has 2 aliphatic rings. The van der Waals surface area contributed by atoms with E-state index < -0.39 is 0 Å². The van der Waals surface area contributed by atoms with Gasteiger partial charge >= 0.3 is 6.09 Å². The van der Waals surface area contributed by atoms with Crippen molar-refractivity contribution < 1.29 is 19.4 Å². The van der Waals surface area contributed by atoms with Crippen molar-refractivity contribution in [3.8, 4) is 11.5 Å². The number of piperidine rings is 1. The van der Waals surface area contributed by atoms with E-state index in [0.717, 1.165) is 29.5 Å². The van der Waals surface area contributed by atoms with Crippen molar-refractivity contribution in [2.75, 3.05) is 19.6 Å². The fourth-order valence-corrected chi connectivity index (χ4v) is 4.59. The van der Waals surface area contributed by atoms with Gasteiger partial charge in [-0.25, -0.2) is 4.79 Å². The quantitative estimate of drug-likeness (QED) is 0.688. The van der Waals surface area contributed by atoms with Crippen molar-refractivity contribution >= 4 is 30.1 Å². The van der Waals surface area contributed by atoms with Gasteiger partial charge in [0, 0.05) is 31.6 Å². The van der Waals surface area contributed by atoms with Crippen molar-refractivity contribution in [2.24, 2.45) is 11.7 Å². The number of fused-ring (bicyclic) bond motifs is 1. The third kappa shape index (κ3) is 4.93. The first-order valence-corrected chi connectivity index (χ1v) is 10.7. The molecular formula is C23H28Cl2N2O4. The van der Waals surface area contributed by atoms with Crippen molar-refractivity contribution in [2.45, 2.75) is 38.4 Å². The van der Waals surface area contributed by atoms with E-state index >= 15 is 0 Å². The summed E-state index contributed by atoms with van der Waals surface area (Å²) in [6, 6.07) is 10.9. The molecule has 0 aromatic heterocycles. The Bertz CT molecular complexity index is 932. The van der Waals surface area contributed by atoms with Crippen molar-refractivity contribution in [1.82, 2.24) is 4.90 Å². The summed E-state index contributed by atoms with van der Waals surface area (Å²) < 4.78 is 11.8. The van der Waals surface area contributed by atoms with Crippen LogP contribution in [0.3, 0.4) is 0 Å². The highest BCUT2D eigenvalue weighted by Gasteiger charge is 2.36. The van der Waals surface area contributed by atoms with Crippen LogP contribution in [0, 0.1) is 12.8 Å².